The summed E-state index contributed by atoms with van der Waals surface area (Å²) in [7, 11) is -3.20. The summed E-state index contributed by atoms with van der Waals surface area (Å²) in [6.07, 6.45) is 2.49. The van der Waals surface area contributed by atoms with Crippen LogP contribution in [-0.4, -0.2) is 20.6 Å². The van der Waals surface area contributed by atoms with E-state index in [1.807, 2.05) is 31.2 Å². The molecule has 0 aliphatic heterocycles. The molecule has 1 unspecified atom stereocenters. The van der Waals surface area contributed by atoms with Crippen molar-refractivity contribution in [3.8, 4) is 0 Å². The van der Waals surface area contributed by atoms with E-state index in [0.29, 0.717) is 6.42 Å². The second kappa shape index (κ2) is 7.62. The zero-order valence-electron chi connectivity index (χ0n) is 14.2. The fraction of sp³-hybridized carbons (Fsp3) is 0.316. The number of hydrogen-bond donors (Lipinski definition) is 1. The van der Waals surface area contributed by atoms with E-state index in [-0.39, 0.29) is 16.8 Å². The van der Waals surface area contributed by atoms with Crippen LogP contribution < -0.4 is 5.32 Å². The molecule has 5 heteroatoms. The van der Waals surface area contributed by atoms with Crippen molar-refractivity contribution in [2.75, 3.05) is 6.26 Å². The number of nitrogens with one attached hydrogen (secondary N) is 1. The van der Waals surface area contributed by atoms with E-state index in [2.05, 4.69) is 12.2 Å². The van der Waals surface area contributed by atoms with Gasteiger partial charge in [-0.3, -0.25) is 4.79 Å². The lowest BCUT2D eigenvalue weighted by molar-refractivity contribution is -0.121. The minimum atomic E-state index is -3.20. The van der Waals surface area contributed by atoms with Gasteiger partial charge in [0.1, 0.15) is 0 Å². The molecule has 0 aliphatic rings. The molecule has 0 fully saturated rings. The molecule has 0 heterocycles. The molecule has 2 aromatic rings. The highest BCUT2D eigenvalue weighted by Gasteiger charge is 2.12. The number of carbonyl (C=O) groups is 1. The molecule has 0 aromatic heterocycles. The summed E-state index contributed by atoms with van der Waals surface area (Å²) in [6, 6.07) is 14.4. The van der Waals surface area contributed by atoms with Crippen LogP contribution in [0.5, 0.6) is 0 Å². The van der Waals surface area contributed by atoms with E-state index in [9.17, 15) is 13.2 Å². The molecule has 1 N–H and O–H groups in total. The van der Waals surface area contributed by atoms with Crippen LogP contribution in [0.3, 0.4) is 0 Å². The Bertz CT molecular complexity index is 794. The predicted molar refractivity (Wildman–Crippen MR) is 95.6 cm³/mol. The van der Waals surface area contributed by atoms with Crippen LogP contribution in [0.1, 0.15) is 36.6 Å². The van der Waals surface area contributed by atoms with Crippen molar-refractivity contribution < 1.29 is 13.2 Å². The highest BCUT2D eigenvalue weighted by Crippen LogP contribution is 2.16. The third kappa shape index (κ3) is 4.93. The van der Waals surface area contributed by atoms with Crippen LogP contribution in [0.25, 0.3) is 0 Å². The zero-order chi connectivity index (χ0) is 17.7. The number of amides is 1. The second-order valence-electron chi connectivity index (χ2n) is 5.98. The van der Waals surface area contributed by atoms with E-state index in [0.717, 1.165) is 17.5 Å². The molecule has 1 atom stereocenters. The van der Waals surface area contributed by atoms with Crippen molar-refractivity contribution in [3.63, 3.8) is 0 Å². The normalized spacial score (nSPS) is 12.6. The zero-order valence-corrected chi connectivity index (χ0v) is 15.1. The first kappa shape index (κ1) is 18.2. The standard InChI is InChI=1S/C19H23NO3S/c1-4-15-5-7-16(8-6-15)13-19(21)20-14(2)17-9-11-18(12-10-17)24(3,22)23/h5-12,14H,4,13H2,1-3H3,(H,20,21). The van der Waals surface area contributed by atoms with Gasteiger partial charge in [-0.2, -0.15) is 0 Å². The molecule has 0 aliphatic carbocycles. The van der Waals surface area contributed by atoms with Gasteiger partial charge in [0, 0.05) is 6.26 Å². The minimum Gasteiger partial charge on any atom is -0.349 e. The van der Waals surface area contributed by atoms with E-state index < -0.39 is 9.84 Å². The monoisotopic (exact) mass is 345 g/mol. The molecular weight excluding hydrogens is 322 g/mol. The van der Waals surface area contributed by atoms with Crippen LogP contribution in [0, 0.1) is 0 Å². The molecule has 0 saturated carbocycles. The van der Waals surface area contributed by atoms with Gasteiger partial charge < -0.3 is 5.32 Å². The van der Waals surface area contributed by atoms with Gasteiger partial charge in [0.2, 0.25) is 5.91 Å². The third-order valence-electron chi connectivity index (χ3n) is 3.98. The molecule has 0 bridgehead atoms. The summed E-state index contributed by atoms with van der Waals surface area (Å²) in [5.74, 6) is -0.0565. The van der Waals surface area contributed by atoms with Crippen LogP contribution in [0.2, 0.25) is 0 Å². The summed E-state index contributed by atoms with van der Waals surface area (Å²) >= 11 is 0. The number of aryl methyl sites for hydroxylation is 1. The number of rotatable bonds is 6. The predicted octanol–water partition coefficient (Wildman–Crippen LogP) is 3.07. The first-order valence-corrected chi connectivity index (χ1v) is 9.86. The molecule has 0 radical (unpaired) electrons. The fourth-order valence-corrected chi connectivity index (χ4v) is 3.09. The van der Waals surface area contributed by atoms with E-state index in [1.165, 1.54) is 11.8 Å². The van der Waals surface area contributed by atoms with Crippen molar-refractivity contribution in [2.45, 2.75) is 37.6 Å². The van der Waals surface area contributed by atoms with Crippen LogP contribution in [0.15, 0.2) is 53.4 Å². The Morgan fingerprint density at radius 2 is 1.54 bits per heavy atom. The van der Waals surface area contributed by atoms with Crippen LogP contribution >= 0.6 is 0 Å². The van der Waals surface area contributed by atoms with Gasteiger partial charge in [-0.15, -0.1) is 0 Å². The Hall–Kier alpha value is -2.14. The van der Waals surface area contributed by atoms with Gasteiger partial charge in [-0.05, 0) is 42.2 Å². The van der Waals surface area contributed by atoms with Crippen molar-refractivity contribution >= 4 is 15.7 Å². The average molecular weight is 345 g/mol. The maximum Gasteiger partial charge on any atom is 0.224 e. The van der Waals surface area contributed by atoms with Crippen LogP contribution in [0.4, 0.5) is 0 Å². The van der Waals surface area contributed by atoms with E-state index in [1.54, 1.807) is 24.3 Å². The fourth-order valence-electron chi connectivity index (χ4n) is 2.46. The summed E-state index contributed by atoms with van der Waals surface area (Å²) in [5, 5.41) is 2.94. The first-order valence-electron chi connectivity index (χ1n) is 7.97. The largest absolute Gasteiger partial charge is 0.349 e. The van der Waals surface area contributed by atoms with Gasteiger partial charge in [0.15, 0.2) is 9.84 Å². The molecular formula is C19H23NO3S. The Labute approximate surface area is 143 Å². The smallest absolute Gasteiger partial charge is 0.224 e. The highest BCUT2D eigenvalue weighted by atomic mass is 32.2. The minimum absolute atomic E-state index is 0.0565. The maximum absolute atomic E-state index is 12.2. The average Bonchev–Trinajstić information content (AvgIpc) is 2.54. The van der Waals surface area contributed by atoms with Crippen molar-refractivity contribution in [1.82, 2.24) is 5.32 Å². The SMILES string of the molecule is CCc1ccc(CC(=O)NC(C)c2ccc(S(C)(=O)=O)cc2)cc1. The van der Waals surface area contributed by atoms with Crippen LogP contribution in [-0.2, 0) is 27.5 Å². The number of sulfone groups is 1. The van der Waals surface area contributed by atoms with Crippen molar-refractivity contribution in [2.24, 2.45) is 0 Å². The maximum atomic E-state index is 12.2. The number of benzene rings is 2. The Balaban J connectivity index is 1.97. The van der Waals surface area contributed by atoms with Gasteiger partial charge in [0.05, 0.1) is 17.4 Å². The molecule has 2 rings (SSSR count). The van der Waals surface area contributed by atoms with Gasteiger partial charge >= 0.3 is 0 Å². The molecule has 128 valence electrons. The summed E-state index contributed by atoms with van der Waals surface area (Å²) in [4.78, 5) is 12.4. The molecule has 1 amide bonds. The topological polar surface area (TPSA) is 63.2 Å². The second-order valence-corrected chi connectivity index (χ2v) is 7.99. The van der Waals surface area contributed by atoms with Crippen molar-refractivity contribution in [1.29, 1.82) is 0 Å². The van der Waals surface area contributed by atoms with Crippen molar-refractivity contribution in [3.05, 3.63) is 65.2 Å². The summed E-state index contributed by atoms with van der Waals surface area (Å²) in [6.45, 7) is 3.98. The quantitative estimate of drug-likeness (QED) is 0.875. The van der Waals surface area contributed by atoms with E-state index >= 15 is 0 Å². The lowest BCUT2D eigenvalue weighted by Crippen LogP contribution is -2.28. The molecule has 2 aromatic carbocycles. The third-order valence-corrected chi connectivity index (χ3v) is 5.11. The molecule has 4 nitrogen and oxygen atoms in total. The van der Waals surface area contributed by atoms with Gasteiger partial charge in [-0.1, -0.05) is 43.3 Å². The number of carbonyl (C=O) groups excluding carboxylic acids is 1. The summed E-state index contributed by atoms with van der Waals surface area (Å²) < 4.78 is 22.9. The summed E-state index contributed by atoms with van der Waals surface area (Å²) in [5.41, 5.74) is 3.10. The Morgan fingerprint density at radius 1 is 1.00 bits per heavy atom. The Morgan fingerprint density at radius 3 is 2.04 bits per heavy atom. The van der Waals surface area contributed by atoms with E-state index in [4.69, 9.17) is 0 Å². The molecule has 24 heavy (non-hydrogen) atoms. The Kier molecular flexibility index (Phi) is 5.78. The molecule has 0 spiro atoms. The molecule has 0 saturated heterocycles. The van der Waals surface area contributed by atoms with Gasteiger partial charge in [-0.25, -0.2) is 8.42 Å². The number of hydrogen-bond acceptors (Lipinski definition) is 3. The first-order chi connectivity index (χ1) is 11.3. The lowest BCUT2D eigenvalue weighted by Gasteiger charge is -2.15. The van der Waals surface area contributed by atoms with Gasteiger partial charge in [0.25, 0.3) is 0 Å². The lowest BCUT2D eigenvalue weighted by atomic mass is 10.1. The highest BCUT2D eigenvalue weighted by molar-refractivity contribution is 7.90.